The summed E-state index contributed by atoms with van der Waals surface area (Å²) in [4.78, 5) is 26.7. The highest BCUT2D eigenvalue weighted by atomic mass is 16.2. The van der Waals surface area contributed by atoms with E-state index < -0.39 is 0 Å². The van der Waals surface area contributed by atoms with Crippen molar-refractivity contribution in [2.45, 2.75) is 39.5 Å². The van der Waals surface area contributed by atoms with Crippen LogP contribution in [0.3, 0.4) is 0 Å². The molecule has 3 nitrogen and oxygen atoms in total. The zero-order valence-electron chi connectivity index (χ0n) is 12.9. The van der Waals surface area contributed by atoms with Crippen molar-refractivity contribution in [1.82, 2.24) is 4.90 Å². The minimum Gasteiger partial charge on any atom is -0.338 e. The fraction of sp³-hybridized carbons (Fsp3) is 0.556. The molecule has 3 heteroatoms. The molecule has 1 fully saturated rings. The average Bonchev–Trinajstić information content (AvgIpc) is 2.88. The van der Waals surface area contributed by atoms with Crippen LogP contribution in [0.5, 0.6) is 0 Å². The standard InChI is InChI=1S/C18H23NO2/c1-12(2)13-5-4-10-19(11-13)18(21)16-7-3-6-15-14(16)8-9-17(15)20/h3,6-7,12-13H,4-5,8-11H2,1-2H3. The summed E-state index contributed by atoms with van der Waals surface area (Å²) in [5, 5.41) is 0. The minimum atomic E-state index is 0.118. The monoisotopic (exact) mass is 285 g/mol. The molecule has 1 aromatic carbocycles. The molecule has 1 aliphatic carbocycles. The number of carbonyl (C=O) groups is 2. The lowest BCUT2D eigenvalue weighted by molar-refractivity contribution is 0.0640. The third kappa shape index (κ3) is 2.61. The van der Waals surface area contributed by atoms with Gasteiger partial charge in [-0.2, -0.15) is 0 Å². The Morgan fingerprint density at radius 3 is 2.86 bits per heavy atom. The molecule has 3 rings (SSSR count). The predicted octanol–water partition coefficient (Wildman–Crippen LogP) is 3.32. The maximum absolute atomic E-state index is 12.8. The molecule has 112 valence electrons. The van der Waals surface area contributed by atoms with Gasteiger partial charge in [0, 0.05) is 30.6 Å². The number of benzene rings is 1. The van der Waals surface area contributed by atoms with Crippen LogP contribution in [0.15, 0.2) is 18.2 Å². The Morgan fingerprint density at radius 2 is 2.10 bits per heavy atom. The molecule has 0 bridgehead atoms. The Bertz CT molecular complexity index is 577. The molecule has 0 radical (unpaired) electrons. The molecule has 1 heterocycles. The average molecular weight is 285 g/mol. The first-order valence-electron chi connectivity index (χ1n) is 8.02. The van der Waals surface area contributed by atoms with Gasteiger partial charge in [0.05, 0.1) is 0 Å². The Balaban J connectivity index is 1.85. The number of carbonyl (C=O) groups excluding carboxylic acids is 2. The number of rotatable bonds is 2. The fourth-order valence-corrected chi connectivity index (χ4v) is 3.60. The lowest BCUT2D eigenvalue weighted by Gasteiger charge is -2.35. The van der Waals surface area contributed by atoms with Crippen molar-refractivity contribution in [3.05, 3.63) is 34.9 Å². The molecule has 1 aliphatic heterocycles. The molecule has 1 aromatic rings. The summed E-state index contributed by atoms with van der Waals surface area (Å²) < 4.78 is 0. The van der Waals surface area contributed by atoms with E-state index in [-0.39, 0.29) is 11.7 Å². The van der Waals surface area contributed by atoms with Crippen LogP contribution in [-0.4, -0.2) is 29.7 Å². The molecule has 0 N–H and O–H groups in total. The largest absolute Gasteiger partial charge is 0.338 e. The first-order valence-corrected chi connectivity index (χ1v) is 8.02. The smallest absolute Gasteiger partial charge is 0.254 e. The van der Waals surface area contributed by atoms with E-state index in [1.807, 2.05) is 23.1 Å². The van der Waals surface area contributed by atoms with Crippen LogP contribution in [0, 0.1) is 11.8 Å². The van der Waals surface area contributed by atoms with Crippen molar-refractivity contribution < 1.29 is 9.59 Å². The van der Waals surface area contributed by atoms with E-state index in [2.05, 4.69) is 13.8 Å². The van der Waals surface area contributed by atoms with Crippen molar-refractivity contribution in [3.8, 4) is 0 Å². The number of ketones is 1. The fourth-order valence-electron chi connectivity index (χ4n) is 3.60. The highest BCUT2D eigenvalue weighted by Crippen LogP contribution is 2.29. The number of fused-ring (bicyclic) bond motifs is 1. The molecule has 1 unspecified atom stereocenters. The highest BCUT2D eigenvalue weighted by molar-refractivity contribution is 6.05. The van der Waals surface area contributed by atoms with E-state index in [0.29, 0.717) is 18.3 Å². The Kier molecular flexibility index (Phi) is 3.83. The van der Waals surface area contributed by atoms with Gasteiger partial charge < -0.3 is 4.90 Å². The van der Waals surface area contributed by atoms with E-state index in [1.54, 1.807) is 0 Å². The van der Waals surface area contributed by atoms with Crippen LogP contribution in [0.2, 0.25) is 0 Å². The van der Waals surface area contributed by atoms with E-state index in [9.17, 15) is 9.59 Å². The third-order valence-electron chi connectivity index (χ3n) is 5.00. The summed E-state index contributed by atoms with van der Waals surface area (Å²) in [6.45, 7) is 6.17. The number of piperidine rings is 1. The Labute approximate surface area is 126 Å². The number of amides is 1. The van der Waals surface area contributed by atoms with Crippen LogP contribution in [0.25, 0.3) is 0 Å². The van der Waals surface area contributed by atoms with Crippen LogP contribution >= 0.6 is 0 Å². The summed E-state index contributed by atoms with van der Waals surface area (Å²) in [7, 11) is 0. The number of likely N-dealkylation sites (tertiary alicyclic amines) is 1. The zero-order valence-corrected chi connectivity index (χ0v) is 12.9. The summed E-state index contributed by atoms with van der Waals surface area (Å²) >= 11 is 0. The molecule has 0 spiro atoms. The number of hydrogen-bond acceptors (Lipinski definition) is 2. The van der Waals surface area contributed by atoms with Crippen LogP contribution in [-0.2, 0) is 6.42 Å². The normalized spacial score (nSPS) is 21.8. The molecular weight excluding hydrogens is 262 g/mol. The lowest BCUT2D eigenvalue weighted by Crippen LogP contribution is -2.41. The second-order valence-corrected chi connectivity index (χ2v) is 6.65. The topological polar surface area (TPSA) is 37.4 Å². The van der Waals surface area contributed by atoms with Gasteiger partial charge in [0.1, 0.15) is 0 Å². The van der Waals surface area contributed by atoms with Gasteiger partial charge in [-0.25, -0.2) is 0 Å². The second kappa shape index (κ2) is 5.63. The molecule has 21 heavy (non-hydrogen) atoms. The van der Waals surface area contributed by atoms with Gasteiger partial charge in [-0.05, 0) is 42.7 Å². The number of hydrogen-bond donors (Lipinski definition) is 0. The van der Waals surface area contributed by atoms with Crippen molar-refractivity contribution >= 4 is 11.7 Å². The van der Waals surface area contributed by atoms with Crippen molar-refractivity contribution in [2.75, 3.05) is 13.1 Å². The van der Waals surface area contributed by atoms with E-state index >= 15 is 0 Å². The molecular formula is C18H23NO2. The summed E-state index contributed by atoms with van der Waals surface area (Å²) in [5.74, 6) is 1.51. The summed E-state index contributed by atoms with van der Waals surface area (Å²) in [6.07, 6.45) is 3.57. The van der Waals surface area contributed by atoms with Gasteiger partial charge in [0.25, 0.3) is 5.91 Å². The van der Waals surface area contributed by atoms with Gasteiger partial charge in [0.2, 0.25) is 0 Å². The molecule has 1 saturated heterocycles. The second-order valence-electron chi connectivity index (χ2n) is 6.65. The van der Waals surface area contributed by atoms with Crippen molar-refractivity contribution in [2.24, 2.45) is 11.8 Å². The van der Waals surface area contributed by atoms with Gasteiger partial charge in [-0.15, -0.1) is 0 Å². The molecule has 2 aliphatic rings. The van der Waals surface area contributed by atoms with Gasteiger partial charge in [-0.1, -0.05) is 26.0 Å². The number of Topliss-reactive ketones (excluding diaryl/α,β-unsaturated/α-hetero) is 1. The van der Waals surface area contributed by atoms with Crippen LogP contribution < -0.4 is 0 Å². The highest BCUT2D eigenvalue weighted by Gasteiger charge is 2.30. The maximum Gasteiger partial charge on any atom is 0.254 e. The molecule has 0 saturated carbocycles. The number of nitrogens with zero attached hydrogens (tertiary/aromatic N) is 1. The lowest BCUT2D eigenvalue weighted by atomic mass is 9.87. The Morgan fingerprint density at radius 1 is 1.29 bits per heavy atom. The molecule has 0 aromatic heterocycles. The quantitative estimate of drug-likeness (QED) is 0.836. The Hall–Kier alpha value is -1.64. The van der Waals surface area contributed by atoms with E-state index in [4.69, 9.17) is 0 Å². The summed E-state index contributed by atoms with van der Waals surface area (Å²) in [6, 6.07) is 5.59. The van der Waals surface area contributed by atoms with Gasteiger partial charge in [-0.3, -0.25) is 9.59 Å². The molecule has 1 atom stereocenters. The first kappa shape index (κ1) is 14.3. The van der Waals surface area contributed by atoms with Crippen LogP contribution in [0.1, 0.15) is 59.4 Å². The van der Waals surface area contributed by atoms with E-state index in [1.165, 1.54) is 6.42 Å². The summed E-state index contributed by atoms with van der Waals surface area (Å²) in [5.41, 5.74) is 2.49. The first-order chi connectivity index (χ1) is 10.1. The molecule has 1 amide bonds. The predicted molar refractivity (Wildman–Crippen MR) is 82.6 cm³/mol. The van der Waals surface area contributed by atoms with Crippen LogP contribution in [0.4, 0.5) is 0 Å². The minimum absolute atomic E-state index is 0.118. The SMILES string of the molecule is CC(C)C1CCCN(C(=O)c2cccc3c2CCC3=O)C1. The van der Waals surface area contributed by atoms with Gasteiger partial charge in [0.15, 0.2) is 5.78 Å². The van der Waals surface area contributed by atoms with E-state index in [0.717, 1.165) is 42.6 Å². The maximum atomic E-state index is 12.8. The van der Waals surface area contributed by atoms with Crippen molar-refractivity contribution in [1.29, 1.82) is 0 Å². The van der Waals surface area contributed by atoms with Gasteiger partial charge >= 0.3 is 0 Å². The zero-order chi connectivity index (χ0) is 15.0. The third-order valence-corrected chi connectivity index (χ3v) is 5.00. The van der Waals surface area contributed by atoms with Crippen molar-refractivity contribution in [3.63, 3.8) is 0 Å².